The molecule has 0 fully saturated rings. The Kier molecular flexibility index (Phi) is 6.07. The lowest BCUT2D eigenvalue weighted by molar-refractivity contribution is 0.260. The molecule has 0 atom stereocenters. The molecule has 2 aromatic heterocycles. The highest BCUT2D eigenvalue weighted by Crippen LogP contribution is 2.23. The summed E-state index contributed by atoms with van der Waals surface area (Å²) < 4.78 is 0. The average molecular weight is 349 g/mol. The van der Waals surface area contributed by atoms with Crippen LogP contribution in [0.15, 0.2) is 33.3 Å². The first-order valence-electron chi connectivity index (χ1n) is 8.16. The predicted molar refractivity (Wildman–Crippen MR) is 100 cm³/mol. The maximum absolute atomic E-state index is 4.65. The highest BCUT2D eigenvalue weighted by atomic mass is 32.1. The van der Waals surface area contributed by atoms with Crippen LogP contribution in [0.3, 0.4) is 0 Å². The molecule has 2 N–H and O–H groups in total. The summed E-state index contributed by atoms with van der Waals surface area (Å²) in [5.74, 6) is 0.909. The Hall–Kier alpha value is -1.37. The van der Waals surface area contributed by atoms with Gasteiger partial charge in [-0.3, -0.25) is 4.90 Å². The molecule has 1 aliphatic heterocycles. The topological polar surface area (TPSA) is 39.7 Å². The fourth-order valence-electron chi connectivity index (χ4n) is 2.72. The van der Waals surface area contributed by atoms with E-state index in [4.69, 9.17) is 0 Å². The van der Waals surface area contributed by atoms with Gasteiger partial charge < -0.3 is 10.6 Å². The van der Waals surface area contributed by atoms with Gasteiger partial charge in [0.2, 0.25) is 0 Å². The SMILES string of the molecule is CCNC(=NCc1ccsc1)NCCN1CCc2sccc2C1. The number of hydrogen-bond acceptors (Lipinski definition) is 4. The minimum Gasteiger partial charge on any atom is -0.357 e. The number of rotatable bonds is 6. The molecule has 0 spiro atoms. The molecule has 0 unspecified atom stereocenters. The molecule has 0 amide bonds. The molecule has 124 valence electrons. The van der Waals surface area contributed by atoms with E-state index in [1.165, 1.54) is 17.5 Å². The van der Waals surface area contributed by atoms with Crippen molar-refractivity contribution in [1.82, 2.24) is 15.5 Å². The van der Waals surface area contributed by atoms with Gasteiger partial charge in [0.05, 0.1) is 6.54 Å². The maximum atomic E-state index is 4.65. The minimum absolute atomic E-state index is 0.737. The lowest BCUT2D eigenvalue weighted by Gasteiger charge is -2.27. The van der Waals surface area contributed by atoms with Crippen molar-refractivity contribution in [3.63, 3.8) is 0 Å². The summed E-state index contributed by atoms with van der Waals surface area (Å²) in [4.78, 5) is 8.74. The zero-order valence-corrected chi connectivity index (χ0v) is 15.2. The molecule has 0 bridgehead atoms. The van der Waals surface area contributed by atoms with Crippen molar-refractivity contribution in [2.75, 3.05) is 26.2 Å². The van der Waals surface area contributed by atoms with Gasteiger partial charge in [-0.15, -0.1) is 11.3 Å². The molecule has 0 radical (unpaired) electrons. The van der Waals surface area contributed by atoms with E-state index in [1.807, 2.05) is 11.3 Å². The van der Waals surface area contributed by atoms with E-state index in [9.17, 15) is 0 Å². The molecule has 6 heteroatoms. The second kappa shape index (κ2) is 8.47. The van der Waals surface area contributed by atoms with Crippen molar-refractivity contribution >= 4 is 28.6 Å². The lowest BCUT2D eigenvalue weighted by atomic mass is 10.1. The smallest absolute Gasteiger partial charge is 0.191 e. The lowest BCUT2D eigenvalue weighted by Crippen LogP contribution is -2.42. The zero-order valence-electron chi connectivity index (χ0n) is 13.5. The van der Waals surface area contributed by atoms with Gasteiger partial charge in [-0.2, -0.15) is 11.3 Å². The summed E-state index contributed by atoms with van der Waals surface area (Å²) in [7, 11) is 0. The van der Waals surface area contributed by atoms with Gasteiger partial charge in [0.15, 0.2) is 5.96 Å². The molecule has 23 heavy (non-hydrogen) atoms. The van der Waals surface area contributed by atoms with Gasteiger partial charge in [0, 0.05) is 37.6 Å². The summed E-state index contributed by atoms with van der Waals surface area (Å²) in [6.45, 7) is 7.96. The summed E-state index contributed by atoms with van der Waals surface area (Å²) in [5, 5.41) is 13.2. The largest absolute Gasteiger partial charge is 0.357 e. The quantitative estimate of drug-likeness (QED) is 0.623. The third-order valence-corrected chi connectivity index (χ3v) is 5.71. The fourth-order valence-corrected chi connectivity index (χ4v) is 4.27. The zero-order chi connectivity index (χ0) is 15.9. The third kappa shape index (κ3) is 4.80. The Morgan fingerprint density at radius 2 is 2.26 bits per heavy atom. The summed E-state index contributed by atoms with van der Waals surface area (Å²) in [5.41, 5.74) is 2.78. The summed E-state index contributed by atoms with van der Waals surface area (Å²) in [6, 6.07) is 4.40. The van der Waals surface area contributed by atoms with Crippen molar-refractivity contribution in [2.24, 2.45) is 4.99 Å². The van der Waals surface area contributed by atoms with Crippen LogP contribution < -0.4 is 10.6 Å². The van der Waals surface area contributed by atoms with Gasteiger partial charge in [-0.1, -0.05) is 0 Å². The first kappa shape index (κ1) is 16.5. The van der Waals surface area contributed by atoms with Gasteiger partial charge in [-0.05, 0) is 52.7 Å². The number of nitrogens with one attached hydrogen (secondary N) is 2. The van der Waals surface area contributed by atoms with E-state index in [0.29, 0.717) is 0 Å². The van der Waals surface area contributed by atoms with Crippen LogP contribution >= 0.6 is 22.7 Å². The Balaban J connectivity index is 1.45. The first-order valence-corrected chi connectivity index (χ1v) is 9.98. The number of nitrogens with zero attached hydrogens (tertiary/aromatic N) is 2. The van der Waals surface area contributed by atoms with E-state index < -0.39 is 0 Å². The maximum Gasteiger partial charge on any atom is 0.191 e. The van der Waals surface area contributed by atoms with Crippen molar-refractivity contribution in [2.45, 2.75) is 26.4 Å². The van der Waals surface area contributed by atoms with Crippen LogP contribution in [-0.2, 0) is 19.5 Å². The molecule has 4 nitrogen and oxygen atoms in total. The predicted octanol–water partition coefficient (Wildman–Crippen LogP) is 2.92. The number of fused-ring (bicyclic) bond motifs is 1. The van der Waals surface area contributed by atoms with Gasteiger partial charge >= 0.3 is 0 Å². The van der Waals surface area contributed by atoms with Crippen LogP contribution in [0.5, 0.6) is 0 Å². The van der Waals surface area contributed by atoms with Crippen LogP contribution in [-0.4, -0.2) is 37.0 Å². The standard InChI is InChI=1S/C17H24N4S2/c1-2-18-17(20-11-14-4-9-22-13-14)19-6-8-21-7-3-16-15(12-21)5-10-23-16/h4-5,9-10,13H,2-3,6-8,11-12H2,1H3,(H2,18,19,20). The highest BCUT2D eigenvalue weighted by Gasteiger charge is 2.16. The van der Waals surface area contributed by atoms with Crippen LogP contribution in [0.25, 0.3) is 0 Å². The van der Waals surface area contributed by atoms with E-state index in [0.717, 1.165) is 45.2 Å². The molecular weight excluding hydrogens is 324 g/mol. The Morgan fingerprint density at radius 3 is 3.09 bits per heavy atom. The Labute approximate surface area is 146 Å². The molecule has 0 aromatic carbocycles. The Bertz CT molecular complexity index is 618. The van der Waals surface area contributed by atoms with Crippen molar-refractivity contribution in [3.8, 4) is 0 Å². The van der Waals surface area contributed by atoms with E-state index in [-0.39, 0.29) is 0 Å². The number of hydrogen-bond donors (Lipinski definition) is 2. The molecule has 3 heterocycles. The van der Waals surface area contributed by atoms with Crippen molar-refractivity contribution in [3.05, 3.63) is 44.3 Å². The molecule has 0 saturated heterocycles. The Morgan fingerprint density at radius 1 is 1.30 bits per heavy atom. The highest BCUT2D eigenvalue weighted by molar-refractivity contribution is 7.10. The van der Waals surface area contributed by atoms with Crippen LogP contribution in [0.1, 0.15) is 22.9 Å². The number of thiophene rings is 2. The van der Waals surface area contributed by atoms with E-state index in [2.05, 4.69) is 55.7 Å². The van der Waals surface area contributed by atoms with Crippen LogP contribution in [0, 0.1) is 0 Å². The molecule has 3 rings (SSSR count). The molecule has 1 aliphatic rings. The normalized spacial score (nSPS) is 15.4. The van der Waals surface area contributed by atoms with Gasteiger partial charge in [0.25, 0.3) is 0 Å². The third-order valence-electron chi connectivity index (χ3n) is 3.95. The van der Waals surface area contributed by atoms with Gasteiger partial charge in [0.1, 0.15) is 0 Å². The van der Waals surface area contributed by atoms with E-state index in [1.54, 1.807) is 16.2 Å². The molecule has 0 aliphatic carbocycles. The van der Waals surface area contributed by atoms with Crippen molar-refractivity contribution in [1.29, 1.82) is 0 Å². The summed E-state index contributed by atoms with van der Waals surface area (Å²) in [6.07, 6.45) is 1.19. The average Bonchev–Trinajstić information content (AvgIpc) is 3.23. The molecular formula is C17H24N4S2. The van der Waals surface area contributed by atoms with E-state index >= 15 is 0 Å². The number of aliphatic imine (C=N–C) groups is 1. The molecule has 2 aromatic rings. The fraction of sp³-hybridized carbons (Fsp3) is 0.471. The number of guanidine groups is 1. The second-order valence-corrected chi connectivity index (χ2v) is 7.43. The molecule has 0 saturated carbocycles. The monoisotopic (exact) mass is 348 g/mol. The van der Waals surface area contributed by atoms with Crippen LogP contribution in [0.2, 0.25) is 0 Å². The first-order chi connectivity index (χ1) is 11.3. The van der Waals surface area contributed by atoms with Gasteiger partial charge in [-0.25, -0.2) is 4.99 Å². The minimum atomic E-state index is 0.737. The summed E-state index contributed by atoms with van der Waals surface area (Å²) >= 11 is 3.62. The van der Waals surface area contributed by atoms with Crippen molar-refractivity contribution < 1.29 is 0 Å². The second-order valence-electron chi connectivity index (χ2n) is 5.65. The van der Waals surface area contributed by atoms with Crippen LogP contribution in [0.4, 0.5) is 0 Å².